The van der Waals surface area contributed by atoms with Crippen LogP contribution in [0.1, 0.15) is 37.7 Å². The number of halogens is 1. The number of amides is 1. The van der Waals surface area contributed by atoms with Gasteiger partial charge in [0.1, 0.15) is 11.5 Å². The van der Waals surface area contributed by atoms with E-state index in [1.807, 2.05) is 6.92 Å². The number of unbranched alkanes of at least 4 members (excludes halogenated alkanes) is 1. The minimum Gasteiger partial charge on any atom is -0.466 e. The lowest BCUT2D eigenvalue weighted by Crippen LogP contribution is -2.40. The fourth-order valence-corrected chi connectivity index (χ4v) is 4.30. The van der Waals surface area contributed by atoms with Gasteiger partial charge >= 0.3 is 11.9 Å². The van der Waals surface area contributed by atoms with E-state index in [9.17, 15) is 19.6 Å². The van der Waals surface area contributed by atoms with E-state index < -0.39 is 17.9 Å². The van der Waals surface area contributed by atoms with Crippen molar-refractivity contribution < 1.29 is 23.9 Å². The van der Waals surface area contributed by atoms with Gasteiger partial charge in [-0.3, -0.25) is 9.69 Å². The van der Waals surface area contributed by atoms with Crippen molar-refractivity contribution in [1.29, 1.82) is 5.26 Å². The number of allylic oxidation sites excluding steroid dienone is 1. The monoisotopic (exact) mass is 522 g/mol. The minimum atomic E-state index is -0.975. The predicted octanol–water partition coefficient (Wildman–Crippen LogP) is 4.37. The summed E-state index contributed by atoms with van der Waals surface area (Å²) in [6.07, 6.45) is 1.96. The summed E-state index contributed by atoms with van der Waals surface area (Å²) in [4.78, 5) is 39.6. The van der Waals surface area contributed by atoms with Crippen molar-refractivity contribution in [1.82, 2.24) is 0 Å². The second-order valence-electron chi connectivity index (χ2n) is 8.15. The van der Waals surface area contributed by atoms with Crippen LogP contribution in [0.3, 0.4) is 0 Å². The number of nitrogens with two attached hydrogens (primary N) is 1. The Morgan fingerprint density at radius 3 is 2.35 bits per heavy atom. The molecule has 192 valence electrons. The normalized spacial score (nSPS) is 15.2. The van der Waals surface area contributed by atoms with Gasteiger partial charge in [0.15, 0.2) is 0 Å². The average molecular weight is 523 g/mol. The number of nitrogens with one attached hydrogen (secondary N) is 1. The Kier molecular flexibility index (Phi) is 8.93. The molecule has 0 spiro atoms. The zero-order valence-electron chi connectivity index (χ0n) is 20.7. The zero-order chi connectivity index (χ0) is 27.1. The number of hydrogen-bond donors (Lipinski definition) is 2. The molecule has 37 heavy (non-hydrogen) atoms. The van der Waals surface area contributed by atoms with Crippen LogP contribution in [0.4, 0.5) is 11.4 Å². The number of hydrogen-bond acceptors (Lipinski definition) is 8. The second-order valence-corrected chi connectivity index (χ2v) is 8.56. The maximum atomic E-state index is 13.1. The molecule has 0 aromatic heterocycles. The zero-order valence-corrected chi connectivity index (χ0v) is 21.5. The molecule has 1 aliphatic rings. The molecule has 0 saturated heterocycles. The number of ether oxygens (including phenoxy) is 2. The van der Waals surface area contributed by atoms with Gasteiger partial charge in [0.2, 0.25) is 5.91 Å². The summed E-state index contributed by atoms with van der Waals surface area (Å²) >= 11 is 6.47. The number of esters is 2. The van der Waals surface area contributed by atoms with Gasteiger partial charge in [0.25, 0.3) is 0 Å². The number of benzene rings is 2. The summed E-state index contributed by atoms with van der Waals surface area (Å²) in [5, 5.41) is 13.0. The van der Waals surface area contributed by atoms with E-state index in [2.05, 4.69) is 11.4 Å². The lowest BCUT2D eigenvalue weighted by Gasteiger charge is -2.36. The van der Waals surface area contributed by atoms with Crippen LogP contribution in [0.2, 0.25) is 5.02 Å². The number of anilines is 2. The molecule has 3 N–H and O–H groups in total. The molecule has 1 amide bonds. The highest BCUT2D eigenvalue weighted by Crippen LogP contribution is 2.44. The molecule has 3 rings (SSSR count). The molecule has 2 aromatic rings. The van der Waals surface area contributed by atoms with E-state index in [0.717, 1.165) is 12.8 Å². The van der Waals surface area contributed by atoms with Crippen LogP contribution in [0.25, 0.3) is 0 Å². The summed E-state index contributed by atoms with van der Waals surface area (Å²) in [6.45, 7) is 1.98. The highest BCUT2D eigenvalue weighted by atomic mass is 35.5. The van der Waals surface area contributed by atoms with Gasteiger partial charge in [-0.2, -0.15) is 5.26 Å². The third-order valence-electron chi connectivity index (χ3n) is 5.85. The quantitative estimate of drug-likeness (QED) is 0.488. The van der Waals surface area contributed by atoms with Gasteiger partial charge in [-0.25, -0.2) is 9.59 Å². The van der Waals surface area contributed by atoms with Crippen LogP contribution in [0.15, 0.2) is 71.2 Å². The molecule has 2 aromatic carbocycles. The van der Waals surface area contributed by atoms with Crippen LogP contribution in [0.5, 0.6) is 0 Å². The molecule has 9 nitrogen and oxygen atoms in total. The molecule has 0 bridgehead atoms. The Labute approximate surface area is 220 Å². The third-order valence-corrected chi connectivity index (χ3v) is 6.17. The molecular weight excluding hydrogens is 496 g/mol. The van der Waals surface area contributed by atoms with E-state index in [0.29, 0.717) is 17.7 Å². The number of rotatable bonds is 8. The molecule has 0 saturated carbocycles. The number of methoxy groups -OCH3 is 2. The molecule has 0 fully saturated rings. The first-order chi connectivity index (χ1) is 17.8. The Morgan fingerprint density at radius 2 is 1.78 bits per heavy atom. The lowest BCUT2D eigenvalue weighted by atomic mass is 9.81. The highest BCUT2D eigenvalue weighted by Gasteiger charge is 2.43. The largest absolute Gasteiger partial charge is 0.466 e. The first kappa shape index (κ1) is 27.3. The van der Waals surface area contributed by atoms with Gasteiger partial charge in [-0.15, -0.1) is 0 Å². The van der Waals surface area contributed by atoms with Crippen LogP contribution in [-0.2, 0) is 23.9 Å². The van der Waals surface area contributed by atoms with Crippen molar-refractivity contribution in [3.05, 3.63) is 81.8 Å². The Bertz CT molecular complexity index is 1310. The molecular formula is C27H27ClN4O5. The molecule has 10 heteroatoms. The van der Waals surface area contributed by atoms with Crippen molar-refractivity contribution in [3.8, 4) is 6.07 Å². The summed E-state index contributed by atoms with van der Waals surface area (Å²) in [5.41, 5.74) is 7.39. The van der Waals surface area contributed by atoms with E-state index in [1.165, 1.54) is 25.2 Å². The highest BCUT2D eigenvalue weighted by molar-refractivity contribution is 6.34. The Balaban J connectivity index is 2.22. The molecule has 0 radical (unpaired) electrons. The van der Waals surface area contributed by atoms with Crippen LogP contribution >= 0.6 is 11.6 Å². The summed E-state index contributed by atoms with van der Waals surface area (Å²) < 4.78 is 10.0. The fourth-order valence-electron chi connectivity index (χ4n) is 4.08. The maximum Gasteiger partial charge on any atom is 0.355 e. The van der Waals surface area contributed by atoms with E-state index in [-0.39, 0.29) is 39.3 Å². The third kappa shape index (κ3) is 5.60. The lowest BCUT2D eigenvalue weighted by molar-refractivity contribution is -0.139. The average Bonchev–Trinajstić information content (AvgIpc) is 2.91. The van der Waals surface area contributed by atoms with Gasteiger partial charge < -0.3 is 20.5 Å². The molecule has 1 atom stereocenters. The summed E-state index contributed by atoms with van der Waals surface area (Å²) in [5.74, 6) is -2.94. The van der Waals surface area contributed by atoms with Crippen LogP contribution in [-0.4, -0.2) is 32.1 Å². The molecule has 1 aliphatic heterocycles. The van der Waals surface area contributed by atoms with Crippen molar-refractivity contribution in [2.75, 3.05) is 24.4 Å². The number of carbonyl (C=O) groups is 3. The van der Waals surface area contributed by atoms with Gasteiger partial charge in [0, 0.05) is 12.1 Å². The molecule has 0 aliphatic carbocycles. The molecule has 1 unspecified atom stereocenters. The number of nitriles is 1. The van der Waals surface area contributed by atoms with Crippen molar-refractivity contribution >= 4 is 40.8 Å². The summed E-state index contributed by atoms with van der Waals surface area (Å²) in [6, 6.07) is 15.4. The fraction of sp³-hybridized carbons (Fsp3) is 0.259. The Hall–Kier alpha value is -4.29. The topological polar surface area (TPSA) is 135 Å². The standard InChI is InChI=1S/C27H27ClN4O5/c1-4-5-11-21(33)31-20-13-12-17(14-19(20)28)32-24(27(35)37-3)23(26(34)36-2)22(18(15-29)25(32)30)16-9-7-6-8-10-16/h6-10,12-14,22H,4-5,11,30H2,1-3H3,(H,31,33). The van der Waals surface area contributed by atoms with Crippen molar-refractivity contribution in [2.45, 2.75) is 32.1 Å². The first-order valence-electron chi connectivity index (χ1n) is 11.5. The van der Waals surface area contributed by atoms with Crippen molar-refractivity contribution in [3.63, 3.8) is 0 Å². The minimum absolute atomic E-state index is 0.0346. The van der Waals surface area contributed by atoms with Gasteiger partial charge in [-0.05, 0) is 30.2 Å². The van der Waals surface area contributed by atoms with Crippen molar-refractivity contribution in [2.24, 2.45) is 5.73 Å². The Morgan fingerprint density at radius 1 is 1.11 bits per heavy atom. The van der Waals surface area contributed by atoms with E-state index in [4.69, 9.17) is 26.8 Å². The van der Waals surface area contributed by atoms with E-state index >= 15 is 0 Å². The summed E-state index contributed by atoms with van der Waals surface area (Å²) in [7, 11) is 2.35. The molecule has 1 heterocycles. The SMILES string of the molecule is CCCCC(=O)Nc1ccc(N2C(N)=C(C#N)C(c3ccccc3)C(C(=O)OC)=C2C(=O)OC)cc1Cl. The number of nitrogens with zero attached hydrogens (tertiary/aromatic N) is 2. The van der Waals surface area contributed by atoms with Crippen LogP contribution in [0, 0.1) is 11.3 Å². The van der Waals surface area contributed by atoms with Gasteiger partial charge in [0.05, 0.1) is 48.1 Å². The van der Waals surface area contributed by atoms with Crippen LogP contribution < -0.4 is 16.0 Å². The predicted molar refractivity (Wildman–Crippen MR) is 139 cm³/mol. The first-order valence-corrected chi connectivity index (χ1v) is 11.9. The second kappa shape index (κ2) is 12.1. The smallest absolute Gasteiger partial charge is 0.355 e. The number of carbonyl (C=O) groups excluding carboxylic acids is 3. The van der Waals surface area contributed by atoms with Gasteiger partial charge in [-0.1, -0.05) is 55.3 Å². The maximum absolute atomic E-state index is 13.1. The van der Waals surface area contributed by atoms with E-state index in [1.54, 1.807) is 42.5 Å².